The lowest BCUT2D eigenvalue weighted by Gasteiger charge is -2.11. The third-order valence-electron chi connectivity index (χ3n) is 1.78. The standard InChI is InChI=1S/C8H12N2.2C2H2O4/c1-10(2)8-5-3-7(9)4-6-8;2*3-1(4)2(5)6/h3-6H,9H2,1-2H3;2*(H,3,4)(H,5,6). The summed E-state index contributed by atoms with van der Waals surface area (Å²) in [5.74, 6) is -7.30. The number of anilines is 2. The molecule has 6 N–H and O–H groups in total. The summed E-state index contributed by atoms with van der Waals surface area (Å²) in [6, 6.07) is 7.79. The van der Waals surface area contributed by atoms with Crippen molar-refractivity contribution in [3.8, 4) is 0 Å². The Morgan fingerprint density at radius 1 is 0.773 bits per heavy atom. The molecular weight excluding hydrogens is 300 g/mol. The number of carboxylic acids is 4. The minimum Gasteiger partial charge on any atom is -0.473 e. The second-order valence-electron chi connectivity index (χ2n) is 3.71. The van der Waals surface area contributed by atoms with Gasteiger partial charge in [-0.15, -0.1) is 0 Å². The summed E-state index contributed by atoms with van der Waals surface area (Å²) in [6.07, 6.45) is 0. The lowest BCUT2D eigenvalue weighted by molar-refractivity contribution is -0.159. The highest BCUT2D eigenvalue weighted by Gasteiger charge is 2.04. The highest BCUT2D eigenvalue weighted by atomic mass is 16.4. The maximum Gasteiger partial charge on any atom is 0.414 e. The van der Waals surface area contributed by atoms with Crippen molar-refractivity contribution in [2.24, 2.45) is 0 Å². The van der Waals surface area contributed by atoms with E-state index in [1.54, 1.807) is 0 Å². The molecule has 0 bridgehead atoms. The van der Waals surface area contributed by atoms with E-state index in [0.29, 0.717) is 0 Å². The van der Waals surface area contributed by atoms with Gasteiger partial charge in [-0.25, -0.2) is 19.2 Å². The van der Waals surface area contributed by atoms with Gasteiger partial charge in [0.25, 0.3) is 0 Å². The van der Waals surface area contributed by atoms with E-state index in [-0.39, 0.29) is 0 Å². The molecule has 0 saturated carbocycles. The van der Waals surface area contributed by atoms with Crippen molar-refractivity contribution in [2.75, 3.05) is 24.7 Å². The molecule has 0 amide bonds. The molecule has 0 radical (unpaired) electrons. The maximum atomic E-state index is 9.10. The zero-order valence-electron chi connectivity index (χ0n) is 11.8. The lowest BCUT2D eigenvalue weighted by atomic mass is 10.3. The summed E-state index contributed by atoms with van der Waals surface area (Å²) in [7, 11) is 4.01. The van der Waals surface area contributed by atoms with Gasteiger partial charge < -0.3 is 31.1 Å². The minimum absolute atomic E-state index is 0.811. The van der Waals surface area contributed by atoms with Gasteiger partial charge in [-0.3, -0.25) is 0 Å². The van der Waals surface area contributed by atoms with Crippen molar-refractivity contribution >= 4 is 35.3 Å². The molecule has 0 atom stereocenters. The fourth-order valence-corrected chi connectivity index (χ4v) is 0.772. The van der Waals surface area contributed by atoms with Gasteiger partial charge in [0.1, 0.15) is 0 Å². The maximum absolute atomic E-state index is 9.10. The van der Waals surface area contributed by atoms with Crippen LogP contribution in [-0.2, 0) is 19.2 Å². The van der Waals surface area contributed by atoms with Crippen molar-refractivity contribution < 1.29 is 39.6 Å². The minimum atomic E-state index is -1.82. The van der Waals surface area contributed by atoms with E-state index in [1.165, 1.54) is 5.69 Å². The third kappa shape index (κ3) is 11.8. The van der Waals surface area contributed by atoms with E-state index in [2.05, 4.69) is 0 Å². The number of aliphatic carboxylic acids is 4. The number of carboxylic acid groups (broad SMARTS) is 4. The molecule has 10 heteroatoms. The van der Waals surface area contributed by atoms with Crippen LogP contribution in [0.25, 0.3) is 0 Å². The van der Waals surface area contributed by atoms with Gasteiger partial charge in [0.05, 0.1) is 0 Å². The molecular formula is C12H16N2O8. The molecule has 1 aromatic carbocycles. The van der Waals surface area contributed by atoms with Gasteiger partial charge in [0.15, 0.2) is 0 Å². The summed E-state index contributed by atoms with van der Waals surface area (Å²) in [5, 5.41) is 29.6. The summed E-state index contributed by atoms with van der Waals surface area (Å²) in [4.78, 5) is 38.4. The van der Waals surface area contributed by atoms with Crippen LogP contribution in [0.4, 0.5) is 11.4 Å². The van der Waals surface area contributed by atoms with Crippen molar-refractivity contribution in [2.45, 2.75) is 0 Å². The van der Waals surface area contributed by atoms with Gasteiger partial charge in [0.2, 0.25) is 0 Å². The molecule has 0 fully saturated rings. The Labute approximate surface area is 125 Å². The van der Waals surface area contributed by atoms with Crippen LogP contribution in [0.3, 0.4) is 0 Å². The van der Waals surface area contributed by atoms with Gasteiger partial charge in [-0.2, -0.15) is 0 Å². The van der Waals surface area contributed by atoms with E-state index in [4.69, 9.17) is 45.3 Å². The average Bonchev–Trinajstić information content (AvgIpc) is 2.40. The van der Waals surface area contributed by atoms with Crippen LogP contribution in [0.5, 0.6) is 0 Å². The van der Waals surface area contributed by atoms with E-state index in [0.717, 1.165) is 5.69 Å². The van der Waals surface area contributed by atoms with Crippen molar-refractivity contribution in [1.29, 1.82) is 0 Å². The molecule has 1 rings (SSSR count). The number of nitrogens with zero attached hydrogens (tertiary/aromatic N) is 1. The number of nitrogens with two attached hydrogens (primary N) is 1. The second-order valence-corrected chi connectivity index (χ2v) is 3.71. The Hall–Kier alpha value is -3.30. The van der Waals surface area contributed by atoms with Gasteiger partial charge >= 0.3 is 23.9 Å². The molecule has 122 valence electrons. The summed E-state index contributed by atoms with van der Waals surface area (Å²) < 4.78 is 0. The number of benzene rings is 1. The molecule has 10 nitrogen and oxygen atoms in total. The number of hydrogen-bond acceptors (Lipinski definition) is 6. The molecule has 1 aromatic rings. The predicted molar refractivity (Wildman–Crippen MR) is 75.7 cm³/mol. The van der Waals surface area contributed by atoms with E-state index in [9.17, 15) is 0 Å². The molecule has 0 aromatic heterocycles. The van der Waals surface area contributed by atoms with Crippen LogP contribution in [0.1, 0.15) is 0 Å². The fraction of sp³-hybridized carbons (Fsp3) is 0.167. The van der Waals surface area contributed by atoms with Crippen molar-refractivity contribution in [3.63, 3.8) is 0 Å². The highest BCUT2D eigenvalue weighted by Crippen LogP contribution is 2.12. The number of rotatable bonds is 1. The monoisotopic (exact) mass is 316 g/mol. The largest absolute Gasteiger partial charge is 0.473 e. The molecule has 0 aliphatic heterocycles. The van der Waals surface area contributed by atoms with Crippen molar-refractivity contribution in [1.82, 2.24) is 0 Å². The number of nitrogen functional groups attached to an aromatic ring is 1. The zero-order valence-corrected chi connectivity index (χ0v) is 11.8. The van der Waals surface area contributed by atoms with Crippen LogP contribution in [0.15, 0.2) is 24.3 Å². The van der Waals surface area contributed by atoms with Crippen molar-refractivity contribution in [3.05, 3.63) is 24.3 Å². The first kappa shape index (κ1) is 21.0. The Kier molecular flexibility index (Phi) is 10.0. The zero-order chi connectivity index (χ0) is 17.9. The molecule has 0 saturated heterocycles. The fourth-order valence-electron chi connectivity index (χ4n) is 0.772. The van der Waals surface area contributed by atoms with Gasteiger partial charge in [0, 0.05) is 25.5 Å². The highest BCUT2D eigenvalue weighted by molar-refractivity contribution is 6.27. The second kappa shape index (κ2) is 10.5. The van der Waals surface area contributed by atoms with E-state index in [1.807, 2.05) is 43.3 Å². The normalized spacial score (nSPS) is 8.27. The first-order valence-electron chi connectivity index (χ1n) is 5.44. The Bertz CT molecular complexity index is 476. The Morgan fingerprint density at radius 3 is 1.23 bits per heavy atom. The topological polar surface area (TPSA) is 178 Å². The van der Waals surface area contributed by atoms with Crippen LogP contribution >= 0.6 is 0 Å². The van der Waals surface area contributed by atoms with Crippen LogP contribution < -0.4 is 10.6 Å². The number of carbonyl (C=O) groups is 4. The molecule has 0 spiro atoms. The van der Waals surface area contributed by atoms with Gasteiger partial charge in [-0.05, 0) is 24.3 Å². The predicted octanol–water partition coefficient (Wildman–Crippen LogP) is -0.354. The average molecular weight is 316 g/mol. The number of hydrogen-bond donors (Lipinski definition) is 5. The summed E-state index contributed by atoms with van der Waals surface area (Å²) in [5.41, 5.74) is 7.49. The molecule has 22 heavy (non-hydrogen) atoms. The third-order valence-corrected chi connectivity index (χ3v) is 1.78. The van der Waals surface area contributed by atoms with Gasteiger partial charge in [-0.1, -0.05) is 0 Å². The molecule has 0 heterocycles. The van der Waals surface area contributed by atoms with E-state index >= 15 is 0 Å². The van der Waals surface area contributed by atoms with Crippen LogP contribution in [-0.4, -0.2) is 58.4 Å². The van der Waals surface area contributed by atoms with Crippen LogP contribution in [0.2, 0.25) is 0 Å². The quantitative estimate of drug-likeness (QED) is 0.339. The van der Waals surface area contributed by atoms with Crippen LogP contribution in [0, 0.1) is 0 Å². The smallest absolute Gasteiger partial charge is 0.414 e. The van der Waals surface area contributed by atoms with E-state index < -0.39 is 23.9 Å². The Morgan fingerprint density at radius 2 is 1.05 bits per heavy atom. The SMILES string of the molecule is CN(C)c1ccc(N)cc1.O=C(O)C(=O)O.O=C(O)C(=O)O. The first-order chi connectivity index (χ1) is 9.98. The summed E-state index contributed by atoms with van der Waals surface area (Å²) in [6.45, 7) is 0. The molecule has 0 unspecified atom stereocenters. The molecule has 0 aliphatic carbocycles. The first-order valence-corrected chi connectivity index (χ1v) is 5.44. The lowest BCUT2D eigenvalue weighted by Crippen LogP contribution is -2.09. The summed E-state index contributed by atoms with van der Waals surface area (Å²) >= 11 is 0. The Balaban J connectivity index is 0. The molecule has 0 aliphatic rings.